The van der Waals surface area contributed by atoms with Crippen molar-refractivity contribution in [2.45, 2.75) is 58.5 Å². The van der Waals surface area contributed by atoms with Gasteiger partial charge in [0.1, 0.15) is 0 Å². The Balaban J connectivity index is 2.03. The molecule has 0 aromatic rings. The third-order valence-corrected chi connectivity index (χ3v) is 6.53. The smallest absolute Gasteiger partial charge is 0.0304 e. The van der Waals surface area contributed by atoms with E-state index in [0.29, 0.717) is 5.54 Å². The lowest BCUT2D eigenvalue weighted by atomic mass is 9.85. The Bertz CT molecular complexity index is 270. The zero-order valence-electron chi connectivity index (χ0n) is 13.2. The van der Waals surface area contributed by atoms with Crippen LogP contribution in [-0.4, -0.2) is 47.6 Å². The Morgan fingerprint density at radius 3 is 2.58 bits per heavy atom. The summed E-state index contributed by atoms with van der Waals surface area (Å²) in [6.07, 6.45) is 3.94. The van der Waals surface area contributed by atoms with Gasteiger partial charge in [-0.3, -0.25) is 4.90 Å². The van der Waals surface area contributed by atoms with E-state index in [2.05, 4.69) is 49.7 Å². The molecular weight excluding hydrogens is 252 g/mol. The molecule has 3 heteroatoms. The normalized spacial score (nSPS) is 32.1. The third kappa shape index (κ3) is 3.68. The average molecular weight is 285 g/mol. The minimum atomic E-state index is 0.372. The predicted molar refractivity (Wildman–Crippen MR) is 86.9 cm³/mol. The fraction of sp³-hybridized carbons (Fsp3) is 1.00. The van der Waals surface area contributed by atoms with Gasteiger partial charge in [0, 0.05) is 31.2 Å². The van der Waals surface area contributed by atoms with Gasteiger partial charge in [0.05, 0.1) is 0 Å². The van der Waals surface area contributed by atoms with Crippen molar-refractivity contribution < 1.29 is 0 Å². The average Bonchev–Trinajstić information content (AvgIpc) is 2.91. The van der Waals surface area contributed by atoms with Crippen LogP contribution in [0.3, 0.4) is 0 Å². The zero-order valence-corrected chi connectivity index (χ0v) is 14.1. The van der Waals surface area contributed by atoms with Crippen LogP contribution in [0.1, 0.15) is 47.0 Å². The van der Waals surface area contributed by atoms with Crippen LogP contribution in [0, 0.1) is 11.8 Å². The highest BCUT2D eigenvalue weighted by Gasteiger charge is 2.38. The molecule has 0 amide bonds. The maximum atomic E-state index is 3.87. The predicted octanol–water partition coefficient (Wildman–Crippen LogP) is 3.23. The molecule has 19 heavy (non-hydrogen) atoms. The molecular formula is C16H32N2S. The first-order valence-corrected chi connectivity index (χ1v) is 9.32. The van der Waals surface area contributed by atoms with Crippen LogP contribution in [0.2, 0.25) is 0 Å². The topological polar surface area (TPSA) is 15.3 Å². The molecule has 0 radical (unpaired) electrons. The number of rotatable bonds is 5. The lowest BCUT2D eigenvalue weighted by Crippen LogP contribution is -2.65. The van der Waals surface area contributed by atoms with Crippen LogP contribution in [0.25, 0.3) is 0 Å². The van der Waals surface area contributed by atoms with Crippen molar-refractivity contribution in [1.29, 1.82) is 0 Å². The molecule has 2 unspecified atom stereocenters. The molecule has 0 bridgehead atoms. The first kappa shape index (κ1) is 15.7. The fourth-order valence-corrected chi connectivity index (χ4v) is 4.92. The van der Waals surface area contributed by atoms with E-state index in [9.17, 15) is 0 Å². The first-order chi connectivity index (χ1) is 9.10. The zero-order chi connectivity index (χ0) is 13.9. The van der Waals surface area contributed by atoms with Crippen molar-refractivity contribution in [1.82, 2.24) is 10.2 Å². The highest BCUT2D eigenvalue weighted by atomic mass is 32.2. The summed E-state index contributed by atoms with van der Waals surface area (Å²) in [5.74, 6) is 4.47. The van der Waals surface area contributed by atoms with Gasteiger partial charge in [-0.05, 0) is 42.6 Å². The van der Waals surface area contributed by atoms with E-state index in [0.717, 1.165) is 17.9 Å². The lowest BCUT2D eigenvalue weighted by Gasteiger charge is -2.49. The second-order valence-electron chi connectivity index (χ2n) is 6.84. The number of piperazine rings is 1. The molecule has 2 aliphatic heterocycles. The highest BCUT2D eigenvalue weighted by Crippen LogP contribution is 2.30. The molecule has 2 saturated heterocycles. The molecule has 0 spiro atoms. The molecule has 1 N–H and O–H groups in total. The van der Waals surface area contributed by atoms with Gasteiger partial charge in [0.2, 0.25) is 0 Å². The van der Waals surface area contributed by atoms with E-state index < -0.39 is 0 Å². The molecule has 2 atom stereocenters. The van der Waals surface area contributed by atoms with Crippen LogP contribution < -0.4 is 5.32 Å². The molecule has 2 aliphatic rings. The Morgan fingerprint density at radius 1 is 1.32 bits per heavy atom. The van der Waals surface area contributed by atoms with Gasteiger partial charge >= 0.3 is 0 Å². The summed E-state index contributed by atoms with van der Waals surface area (Å²) in [5.41, 5.74) is 0.372. The van der Waals surface area contributed by atoms with Gasteiger partial charge in [-0.2, -0.15) is 11.8 Å². The number of nitrogens with one attached hydrogen (secondary N) is 1. The quantitative estimate of drug-likeness (QED) is 0.834. The monoisotopic (exact) mass is 284 g/mol. The van der Waals surface area contributed by atoms with Gasteiger partial charge in [-0.25, -0.2) is 0 Å². The number of nitrogens with zero attached hydrogens (tertiary/aromatic N) is 1. The summed E-state index contributed by atoms with van der Waals surface area (Å²) in [6.45, 7) is 13.2. The van der Waals surface area contributed by atoms with Crippen molar-refractivity contribution >= 4 is 11.8 Å². The summed E-state index contributed by atoms with van der Waals surface area (Å²) in [5, 5.41) is 3.87. The minimum absolute atomic E-state index is 0.372. The maximum absolute atomic E-state index is 3.87. The van der Waals surface area contributed by atoms with E-state index >= 15 is 0 Å². The van der Waals surface area contributed by atoms with E-state index in [4.69, 9.17) is 0 Å². The van der Waals surface area contributed by atoms with Crippen molar-refractivity contribution in [3.05, 3.63) is 0 Å². The van der Waals surface area contributed by atoms with E-state index in [-0.39, 0.29) is 0 Å². The standard InChI is InChI=1S/C16H32N2S/c1-5-16(6-2)12-18(10-14-7-8-19-11-14)15(9-17-16)13(3)4/h13-15,17H,5-12H2,1-4H3. The van der Waals surface area contributed by atoms with Crippen molar-refractivity contribution in [2.75, 3.05) is 31.1 Å². The fourth-order valence-electron chi connectivity index (χ4n) is 3.65. The van der Waals surface area contributed by atoms with Gasteiger partial charge in [-0.1, -0.05) is 27.7 Å². The highest BCUT2D eigenvalue weighted by molar-refractivity contribution is 7.99. The summed E-state index contributed by atoms with van der Waals surface area (Å²) in [6, 6.07) is 0.733. The van der Waals surface area contributed by atoms with Gasteiger partial charge < -0.3 is 5.32 Å². The van der Waals surface area contributed by atoms with E-state index in [1.54, 1.807) is 0 Å². The summed E-state index contributed by atoms with van der Waals surface area (Å²) in [4.78, 5) is 2.82. The largest absolute Gasteiger partial charge is 0.308 e. The van der Waals surface area contributed by atoms with Crippen LogP contribution in [-0.2, 0) is 0 Å². The molecule has 0 aliphatic carbocycles. The van der Waals surface area contributed by atoms with Crippen molar-refractivity contribution in [2.24, 2.45) is 11.8 Å². The summed E-state index contributed by atoms with van der Waals surface area (Å²) < 4.78 is 0. The molecule has 0 saturated carbocycles. The van der Waals surface area contributed by atoms with E-state index in [1.807, 2.05) is 0 Å². The molecule has 112 valence electrons. The Hall–Kier alpha value is 0.270. The lowest BCUT2D eigenvalue weighted by molar-refractivity contribution is 0.0408. The molecule has 2 nitrogen and oxygen atoms in total. The SMILES string of the molecule is CCC1(CC)CN(CC2CCSC2)C(C(C)C)CN1. The minimum Gasteiger partial charge on any atom is -0.308 e. The summed E-state index contributed by atoms with van der Waals surface area (Å²) in [7, 11) is 0. The van der Waals surface area contributed by atoms with Crippen LogP contribution in [0.15, 0.2) is 0 Å². The van der Waals surface area contributed by atoms with Crippen LogP contribution in [0.4, 0.5) is 0 Å². The Kier molecular flexibility index (Phi) is 5.62. The van der Waals surface area contributed by atoms with E-state index in [1.165, 1.54) is 50.4 Å². The van der Waals surface area contributed by atoms with Crippen LogP contribution in [0.5, 0.6) is 0 Å². The molecule has 2 rings (SSSR count). The molecule has 0 aromatic heterocycles. The molecule has 2 heterocycles. The number of thioether (sulfide) groups is 1. The Morgan fingerprint density at radius 2 is 2.05 bits per heavy atom. The number of hydrogen-bond acceptors (Lipinski definition) is 3. The van der Waals surface area contributed by atoms with Gasteiger partial charge in [0.25, 0.3) is 0 Å². The Labute approximate surface area is 124 Å². The maximum Gasteiger partial charge on any atom is 0.0304 e. The third-order valence-electron chi connectivity index (χ3n) is 5.30. The van der Waals surface area contributed by atoms with Gasteiger partial charge in [0.15, 0.2) is 0 Å². The second-order valence-corrected chi connectivity index (χ2v) is 7.99. The molecule has 2 fully saturated rings. The second kappa shape index (κ2) is 6.82. The van der Waals surface area contributed by atoms with Crippen molar-refractivity contribution in [3.8, 4) is 0 Å². The molecule has 0 aromatic carbocycles. The van der Waals surface area contributed by atoms with Crippen molar-refractivity contribution in [3.63, 3.8) is 0 Å². The summed E-state index contributed by atoms with van der Waals surface area (Å²) >= 11 is 2.15. The van der Waals surface area contributed by atoms with Crippen LogP contribution >= 0.6 is 11.8 Å². The number of hydrogen-bond donors (Lipinski definition) is 1. The first-order valence-electron chi connectivity index (χ1n) is 8.17. The van der Waals surface area contributed by atoms with Gasteiger partial charge in [-0.15, -0.1) is 0 Å².